The molecule has 1 heterocycles. The number of hydrogen-bond donors (Lipinski definition) is 2. The van der Waals surface area contributed by atoms with Crippen LogP contribution in [0.1, 0.15) is 41.8 Å². The van der Waals surface area contributed by atoms with E-state index in [4.69, 9.17) is 0 Å². The molecule has 4 rings (SSSR count). The van der Waals surface area contributed by atoms with Gasteiger partial charge < -0.3 is 10.6 Å². The molecule has 2 aromatic rings. The molecule has 3 atom stereocenters. The lowest BCUT2D eigenvalue weighted by molar-refractivity contribution is 0.235. The molecule has 2 saturated carbocycles. The topological polar surface area (TPSA) is 54.0 Å². The number of urea groups is 1. The van der Waals surface area contributed by atoms with Crippen molar-refractivity contribution in [2.45, 2.75) is 37.3 Å². The number of carbonyl (C=O) groups excluding carboxylic acids is 1. The predicted octanol–water partition coefficient (Wildman–Crippen LogP) is 3.45. The molecule has 0 bridgehead atoms. The first-order chi connectivity index (χ1) is 10.8. The van der Waals surface area contributed by atoms with Gasteiger partial charge in [-0.2, -0.15) is 0 Å². The number of nitrogens with zero attached hydrogens (tertiary/aromatic N) is 1. The highest BCUT2D eigenvalue weighted by atomic mass is 32.1. The SMILES string of the molecule is O=C(N[C@H](c1nccs1)C1CC1)N[C@@H]1C[C@H]1c1ccccc1. The van der Waals surface area contributed by atoms with E-state index in [0.29, 0.717) is 11.8 Å². The second-order valence-corrected chi connectivity index (χ2v) is 7.09. The van der Waals surface area contributed by atoms with Crippen LogP contribution in [0, 0.1) is 5.92 Å². The van der Waals surface area contributed by atoms with Crippen LogP contribution >= 0.6 is 11.3 Å². The van der Waals surface area contributed by atoms with Crippen LogP contribution in [0.3, 0.4) is 0 Å². The lowest BCUT2D eigenvalue weighted by Gasteiger charge is -2.16. The van der Waals surface area contributed by atoms with Crippen molar-refractivity contribution in [3.8, 4) is 0 Å². The van der Waals surface area contributed by atoms with Gasteiger partial charge >= 0.3 is 6.03 Å². The molecule has 0 unspecified atom stereocenters. The maximum absolute atomic E-state index is 12.3. The van der Waals surface area contributed by atoms with E-state index in [9.17, 15) is 4.79 Å². The highest BCUT2D eigenvalue weighted by molar-refractivity contribution is 7.09. The van der Waals surface area contributed by atoms with Gasteiger partial charge in [-0.15, -0.1) is 11.3 Å². The molecule has 0 spiro atoms. The van der Waals surface area contributed by atoms with E-state index in [1.165, 1.54) is 18.4 Å². The summed E-state index contributed by atoms with van der Waals surface area (Å²) in [4.78, 5) is 16.6. The van der Waals surface area contributed by atoms with Crippen LogP contribution in [0.2, 0.25) is 0 Å². The van der Waals surface area contributed by atoms with Gasteiger partial charge in [0.15, 0.2) is 0 Å². The summed E-state index contributed by atoms with van der Waals surface area (Å²) in [6, 6.07) is 10.7. The average molecular weight is 313 g/mol. The molecular weight excluding hydrogens is 294 g/mol. The van der Waals surface area contributed by atoms with E-state index in [1.807, 2.05) is 11.4 Å². The van der Waals surface area contributed by atoms with Crippen LogP contribution in [0.4, 0.5) is 4.79 Å². The van der Waals surface area contributed by atoms with Gasteiger partial charge in [0.05, 0.1) is 6.04 Å². The average Bonchev–Trinajstić information content (AvgIpc) is 3.45. The molecule has 0 saturated heterocycles. The summed E-state index contributed by atoms with van der Waals surface area (Å²) in [6.45, 7) is 0. The highest BCUT2D eigenvalue weighted by Gasteiger charge is 2.41. The van der Waals surface area contributed by atoms with Gasteiger partial charge in [0.25, 0.3) is 0 Å². The Labute approximate surface area is 134 Å². The van der Waals surface area contributed by atoms with E-state index >= 15 is 0 Å². The first-order valence-electron chi connectivity index (χ1n) is 7.82. The minimum atomic E-state index is -0.0597. The van der Waals surface area contributed by atoms with Crippen molar-refractivity contribution in [1.29, 1.82) is 0 Å². The number of thiazole rings is 1. The van der Waals surface area contributed by atoms with E-state index in [1.54, 1.807) is 17.5 Å². The molecule has 114 valence electrons. The van der Waals surface area contributed by atoms with E-state index < -0.39 is 0 Å². The smallest absolute Gasteiger partial charge is 0.315 e. The second-order valence-electron chi connectivity index (χ2n) is 6.16. The lowest BCUT2D eigenvalue weighted by Crippen LogP contribution is -2.40. The molecule has 2 amide bonds. The lowest BCUT2D eigenvalue weighted by atomic mass is 10.1. The maximum atomic E-state index is 12.3. The Morgan fingerprint density at radius 2 is 2.09 bits per heavy atom. The summed E-state index contributed by atoms with van der Waals surface area (Å²) >= 11 is 1.62. The number of aromatic nitrogens is 1. The predicted molar refractivity (Wildman–Crippen MR) is 86.8 cm³/mol. The van der Waals surface area contributed by atoms with E-state index in [-0.39, 0.29) is 18.1 Å². The van der Waals surface area contributed by atoms with Crippen LogP contribution < -0.4 is 10.6 Å². The quantitative estimate of drug-likeness (QED) is 0.888. The fourth-order valence-corrected chi connectivity index (χ4v) is 3.75. The molecule has 1 aromatic heterocycles. The van der Waals surface area contributed by atoms with Crippen molar-refractivity contribution in [1.82, 2.24) is 15.6 Å². The summed E-state index contributed by atoms with van der Waals surface area (Å²) < 4.78 is 0. The van der Waals surface area contributed by atoms with Gasteiger partial charge in [-0.3, -0.25) is 0 Å². The van der Waals surface area contributed by atoms with E-state index in [0.717, 1.165) is 11.4 Å². The number of carbonyl (C=O) groups is 1. The molecule has 2 aliphatic carbocycles. The zero-order valence-electron chi connectivity index (χ0n) is 12.2. The third-order valence-electron chi connectivity index (χ3n) is 4.43. The Kier molecular flexibility index (Phi) is 3.58. The molecule has 5 heteroatoms. The van der Waals surface area contributed by atoms with Crippen molar-refractivity contribution < 1.29 is 4.79 Å². The molecule has 0 radical (unpaired) electrons. The Morgan fingerprint density at radius 1 is 1.27 bits per heavy atom. The standard InChI is InChI=1S/C17H19N3OS/c21-17(19-14-10-13(14)11-4-2-1-3-5-11)20-15(12-6-7-12)16-18-8-9-22-16/h1-5,8-9,12-15H,6-7,10H2,(H2,19,20,21)/t13-,14+,15-/m0/s1. The third-order valence-corrected chi connectivity index (χ3v) is 5.29. The molecule has 22 heavy (non-hydrogen) atoms. The number of amides is 2. The van der Waals surface area contributed by atoms with Gasteiger partial charge in [0.1, 0.15) is 5.01 Å². The summed E-state index contributed by atoms with van der Waals surface area (Å²) in [5, 5.41) is 9.22. The number of rotatable bonds is 5. The monoisotopic (exact) mass is 313 g/mol. The molecule has 2 fully saturated rings. The summed E-state index contributed by atoms with van der Waals surface area (Å²) in [5.41, 5.74) is 1.31. The third kappa shape index (κ3) is 2.99. The number of benzene rings is 1. The van der Waals surface area contributed by atoms with Crippen LogP contribution in [0.5, 0.6) is 0 Å². The minimum absolute atomic E-state index is 0.0597. The van der Waals surface area contributed by atoms with Gasteiger partial charge in [-0.05, 0) is 30.7 Å². The first-order valence-corrected chi connectivity index (χ1v) is 8.70. The maximum Gasteiger partial charge on any atom is 0.315 e. The Bertz CT molecular complexity index is 639. The van der Waals surface area contributed by atoms with Gasteiger partial charge in [0, 0.05) is 23.5 Å². The first kappa shape index (κ1) is 13.8. The highest BCUT2D eigenvalue weighted by Crippen LogP contribution is 2.42. The Morgan fingerprint density at radius 3 is 2.77 bits per heavy atom. The van der Waals surface area contributed by atoms with Crippen molar-refractivity contribution in [3.63, 3.8) is 0 Å². The summed E-state index contributed by atoms with van der Waals surface area (Å²) in [7, 11) is 0. The van der Waals surface area contributed by atoms with Crippen molar-refractivity contribution in [2.75, 3.05) is 0 Å². The fourth-order valence-electron chi connectivity index (χ4n) is 2.97. The fraction of sp³-hybridized carbons (Fsp3) is 0.412. The number of nitrogens with one attached hydrogen (secondary N) is 2. The van der Waals surface area contributed by atoms with Crippen LogP contribution in [-0.2, 0) is 0 Å². The van der Waals surface area contributed by atoms with Crippen molar-refractivity contribution >= 4 is 17.4 Å². The van der Waals surface area contributed by atoms with Crippen molar-refractivity contribution in [3.05, 3.63) is 52.5 Å². The van der Waals surface area contributed by atoms with Gasteiger partial charge in [-0.1, -0.05) is 30.3 Å². The normalized spacial score (nSPS) is 24.5. The van der Waals surface area contributed by atoms with Gasteiger partial charge in [0.2, 0.25) is 0 Å². The minimum Gasteiger partial charge on any atom is -0.335 e. The second kappa shape index (κ2) is 5.72. The largest absolute Gasteiger partial charge is 0.335 e. The van der Waals surface area contributed by atoms with Crippen LogP contribution in [0.15, 0.2) is 41.9 Å². The Balaban J connectivity index is 1.33. The van der Waals surface area contributed by atoms with Crippen LogP contribution in [-0.4, -0.2) is 17.1 Å². The number of hydrogen-bond acceptors (Lipinski definition) is 3. The molecule has 1 aromatic carbocycles. The van der Waals surface area contributed by atoms with E-state index in [2.05, 4.69) is 39.9 Å². The zero-order chi connectivity index (χ0) is 14.9. The summed E-state index contributed by atoms with van der Waals surface area (Å²) in [5.74, 6) is 1.02. The molecular formula is C17H19N3OS. The van der Waals surface area contributed by atoms with Crippen LogP contribution in [0.25, 0.3) is 0 Å². The Hall–Kier alpha value is -1.88. The molecule has 2 aliphatic rings. The molecule has 0 aliphatic heterocycles. The summed E-state index contributed by atoms with van der Waals surface area (Å²) in [6.07, 6.45) is 5.20. The van der Waals surface area contributed by atoms with Crippen molar-refractivity contribution in [2.24, 2.45) is 5.92 Å². The van der Waals surface area contributed by atoms with Gasteiger partial charge in [-0.25, -0.2) is 9.78 Å². The molecule has 4 nitrogen and oxygen atoms in total. The molecule has 2 N–H and O–H groups in total. The zero-order valence-corrected chi connectivity index (χ0v) is 13.1.